The first kappa shape index (κ1) is 16.8. The van der Waals surface area contributed by atoms with E-state index in [0.29, 0.717) is 12.6 Å². The summed E-state index contributed by atoms with van der Waals surface area (Å²) >= 11 is 6.14. The lowest BCUT2D eigenvalue weighted by atomic mass is 9.87. The van der Waals surface area contributed by atoms with Crippen molar-refractivity contribution in [2.45, 2.75) is 38.1 Å². The van der Waals surface area contributed by atoms with Crippen molar-refractivity contribution in [2.75, 3.05) is 0 Å². The van der Waals surface area contributed by atoms with E-state index in [-0.39, 0.29) is 12.1 Å². The Labute approximate surface area is 147 Å². The van der Waals surface area contributed by atoms with Crippen LogP contribution in [-0.4, -0.2) is 18.2 Å². The summed E-state index contributed by atoms with van der Waals surface area (Å²) < 4.78 is 5.23. The first-order chi connectivity index (χ1) is 11.7. The van der Waals surface area contributed by atoms with Crippen molar-refractivity contribution >= 4 is 17.7 Å². The summed E-state index contributed by atoms with van der Waals surface area (Å²) in [5.74, 6) is 0. The standard InChI is InChI=1S/C19H21ClN2O2/c20-18-9-5-4-8-15(18)12-21-16-10-17(11-16)22-19(23)24-13-14-6-2-1-3-7-14/h1-9,16-17,21H,10-13H2,(H,22,23). The van der Waals surface area contributed by atoms with Crippen LogP contribution in [0.3, 0.4) is 0 Å². The zero-order valence-corrected chi connectivity index (χ0v) is 14.1. The first-order valence-electron chi connectivity index (χ1n) is 8.14. The number of halogens is 1. The number of alkyl carbamates (subject to hydrolysis) is 1. The van der Waals surface area contributed by atoms with Gasteiger partial charge in [-0.05, 0) is 30.0 Å². The van der Waals surface area contributed by atoms with Gasteiger partial charge in [0.15, 0.2) is 0 Å². The number of nitrogens with one attached hydrogen (secondary N) is 2. The molecule has 1 saturated carbocycles. The van der Waals surface area contributed by atoms with E-state index in [9.17, 15) is 4.79 Å². The molecule has 0 bridgehead atoms. The minimum absolute atomic E-state index is 0.178. The lowest BCUT2D eigenvalue weighted by Gasteiger charge is -2.36. The maximum Gasteiger partial charge on any atom is 0.407 e. The Morgan fingerprint density at radius 2 is 1.75 bits per heavy atom. The molecule has 0 saturated heterocycles. The zero-order chi connectivity index (χ0) is 16.8. The number of carbonyl (C=O) groups is 1. The van der Waals surface area contributed by atoms with Crippen molar-refractivity contribution in [3.63, 3.8) is 0 Å². The molecule has 1 fully saturated rings. The summed E-state index contributed by atoms with van der Waals surface area (Å²) in [7, 11) is 0. The second-order valence-electron chi connectivity index (χ2n) is 6.04. The van der Waals surface area contributed by atoms with Gasteiger partial charge < -0.3 is 15.4 Å². The van der Waals surface area contributed by atoms with E-state index in [2.05, 4.69) is 10.6 Å². The number of carbonyl (C=O) groups excluding carboxylic acids is 1. The maximum absolute atomic E-state index is 11.8. The van der Waals surface area contributed by atoms with Gasteiger partial charge in [-0.3, -0.25) is 0 Å². The number of benzene rings is 2. The van der Waals surface area contributed by atoms with E-state index in [4.69, 9.17) is 16.3 Å². The minimum Gasteiger partial charge on any atom is -0.445 e. The molecule has 1 aliphatic carbocycles. The fourth-order valence-corrected chi connectivity index (χ4v) is 2.93. The smallest absolute Gasteiger partial charge is 0.407 e. The summed E-state index contributed by atoms with van der Waals surface area (Å²) in [6.45, 7) is 1.04. The molecule has 4 nitrogen and oxygen atoms in total. The lowest BCUT2D eigenvalue weighted by molar-refractivity contribution is 0.125. The van der Waals surface area contributed by atoms with Crippen LogP contribution in [-0.2, 0) is 17.9 Å². The third-order valence-corrected chi connectivity index (χ3v) is 4.58. The van der Waals surface area contributed by atoms with Gasteiger partial charge in [0.05, 0.1) is 0 Å². The van der Waals surface area contributed by atoms with E-state index >= 15 is 0 Å². The number of amides is 1. The Bertz CT molecular complexity index is 672. The molecule has 1 aliphatic rings. The Kier molecular flexibility index (Phi) is 5.72. The maximum atomic E-state index is 11.8. The Morgan fingerprint density at radius 3 is 2.50 bits per heavy atom. The molecule has 0 aromatic heterocycles. The van der Waals surface area contributed by atoms with Crippen LogP contribution in [0, 0.1) is 0 Å². The van der Waals surface area contributed by atoms with Gasteiger partial charge in [0.25, 0.3) is 0 Å². The van der Waals surface area contributed by atoms with Crippen LogP contribution in [0.15, 0.2) is 54.6 Å². The van der Waals surface area contributed by atoms with Crippen molar-refractivity contribution in [1.29, 1.82) is 0 Å². The second kappa shape index (κ2) is 8.18. The monoisotopic (exact) mass is 344 g/mol. The molecule has 2 N–H and O–H groups in total. The van der Waals surface area contributed by atoms with Crippen molar-refractivity contribution in [2.24, 2.45) is 0 Å². The number of hydrogen-bond acceptors (Lipinski definition) is 3. The third kappa shape index (κ3) is 4.73. The molecule has 2 aromatic carbocycles. The molecule has 1 amide bonds. The van der Waals surface area contributed by atoms with Crippen LogP contribution in [0.2, 0.25) is 5.02 Å². The third-order valence-electron chi connectivity index (χ3n) is 4.21. The molecule has 0 unspecified atom stereocenters. The fourth-order valence-electron chi connectivity index (χ4n) is 2.73. The summed E-state index contributed by atoms with van der Waals surface area (Å²) in [5, 5.41) is 7.14. The molecule has 0 aliphatic heterocycles. The molecule has 126 valence electrons. The van der Waals surface area contributed by atoms with Crippen molar-refractivity contribution in [1.82, 2.24) is 10.6 Å². The molecule has 3 rings (SSSR count). The summed E-state index contributed by atoms with van der Waals surface area (Å²) in [5.41, 5.74) is 2.08. The fraction of sp³-hybridized carbons (Fsp3) is 0.316. The Balaban J connectivity index is 1.32. The van der Waals surface area contributed by atoms with Crippen molar-refractivity contribution in [3.05, 3.63) is 70.7 Å². The first-order valence-corrected chi connectivity index (χ1v) is 8.52. The van der Waals surface area contributed by atoms with Crippen LogP contribution in [0.1, 0.15) is 24.0 Å². The summed E-state index contributed by atoms with van der Waals surface area (Å²) in [6, 6.07) is 18.1. The zero-order valence-electron chi connectivity index (χ0n) is 13.4. The Hall–Kier alpha value is -2.04. The van der Waals surface area contributed by atoms with Gasteiger partial charge in [-0.25, -0.2) is 4.79 Å². The van der Waals surface area contributed by atoms with Gasteiger partial charge >= 0.3 is 6.09 Å². The predicted octanol–water partition coefficient (Wildman–Crippen LogP) is 3.89. The van der Waals surface area contributed by atoms with E-state index in [1.807, 2.05) is 54.6 Å². The quantitative estimate of drug-likeness (QED) is 0.836. The molecule has 0 heterocycles. The molecular formula is C19H21ClN2O2. The summed E-state index contributed by atoms with van der Waals surface area (Å²) in [6.07, 6.45) is 1.46. The molecular weight excluding hydrogens is 324 g/mol. The molecule has 5 heteroatoms. The highest BCUT2D eigenvalue weighted by Gasteiger charge is 2.30. The van der Waals surface area contributed by atoms with E-state index < -0.39 is 0 Å². The van der Waals surface area contributed by atoms with Gasteiger partial charge in [-0.1, -0.05) is 60.1 Å². The minimum atomic E-state index is -0.353. The average molecular weight is 345 g/mol. The van der Waals surface area contributed by atoms with Crippen LogP contribution < -0.4 is 10.6 Å². The van der Waals surface area contributed by atoms with Crippen molar-refractivity contribution in [3.8, 4) is 0 Å². The van der Waals surface area contributed by atoms with Crippen LogP contribution >= 0.6 is 11.6 Å². The SMILES string of the molecule is O=C(NC1CC(NCc2ccccc2Cl)C1)OCc1ccccc1. The molecule has 0 spiro atoms. The molecule has 0 atom stereocenters. The number of rotatable bonds is 6. The van der Waals surface area contributed by atoms with E-state index in [1.165, 1.54) is 0 Å². The van der Waals surface area contributed by atoms with Crippen LogP contribution in [0.5, 0.6) is 0 Å². The van der Waals surface area contributed by atoms with Crippen LogP contribution in [0.25, 0.3) is 0 Å². The van der Waals surface area contributed by atoms with E-state index in [1.54, 1.807) is 0 Å². The second-order valence-corrected chi connectivity index (χ2v) is 6.45. The van der Waals surface area contributed by atoms with Gasteiger partial charge in [0.1, 0.15) is 6.61 Å². The van der Waals surface area contributed by atoms with Gasteiger partial charge in [0.2, 0.25) is 0 Å². The van der Waals surface area contributed by atoms with Gasteiger partial charge in [0, 0.05) is 23.7 Å². The molecule has 2 aromatic rings. The number of ether oxygens (including phenoxy) is 1. The highest BCUT2D eigenvalue weighted by Crippen LogP contribution is 2.22. The topological polar surface area (TPSA) is 50.4 Å². The predicted molar refractivity (Wildman–Crippen MR) is 94.9 cm³/mol. The molecule has 24 heavy (non-hydrogen) atoms. The summed E-state index contributed by atoms with van der Waals surface area (Å²) in [4.78, 5) is 11.8. The van der Waals surface area contributed by atoms with Crippen molar-refractivity contribution < 1.29 is 9.53 Å². The largest absolute Gasteiger partial charge is 0.445 e. The normalized spacial score (nSPS) is 19.4. The highest BCUT2D eigenvalue weighted by atomic mass is 35.5. The number of hydrogen-bond donors (Lipinski definition) is 2. The Morgan fingerprint density at radius 1 is 1.04 bits per heavy atom. The highest BCUT2D eigenvalue weighted by molar-refractivity contribution is 6.31. The van der Waals surface area contributed by atoms with Gasteiger partial charge in [-0.15, -0.1) is 0 Å². The van der Waals surface area contributed by atoms with Crippen LogP contribution in [0.4, 0.5) is 4.79 Å². The lowest BCUT2D eigenvalue weighted by Crippen LogP contribution is -2.52. The average Bonchev–Trinajstić information content (AvgIpc) is 2.57. The van der Waals surface area contributed by atoms with Gasteiger partial charge in [-0.2, -0.15) is 0 Å². The molecule has 0 radical (unpaired) electrons. The van der Waals surface area contributed by atoms with E-state index in [0.717, 1.165) is 35.5 Å².